The summed E-state index contributed by atoms with van der Waals surface area (Å²) in [6.07, 6.45) is 5.00. The van der Waals surface area contributed by atoms with Gasteiger partial charge in [0.25, 0.3) is 5.56 Å². The molecule has 118 valence electrons. The van der Waals surface area contributed by atoms with E-state index in [0.717, 1.165) is 12.8 Å². The number of aromatic nitrogens is 2. The minimum absolute atomic E-state index is 0.0850. The molecule has 8 heteroatoms. The molecule has 0 radical (unpaired) electrons. The first kappa shape index (κ1) is 16.0. The number of hydrogen-bond donors (Lipinski definition) is 1. The highest BCUT2D eigenvalue weighted by molar-refractivity contribution is 7.88. The average Bonchev–Trinajstić information content (AvgIpc) is 2.41. The second-order valence-electron chi connectivity index (χ2n) is 5.55. The van der Waals surface area contributed by atoms with Crippen molar-refractivity contribution in [3.05, 3.63) is 32.6 Å². The smallest absolute Gasteiger partial charge is 0.300 e. The monoisotopic (exact) mass is 315 g/mol. The summed E-state index contributed by atoms with van der Waals surface area (Å²) in [7, 11) is -3.19. The summed E-state index contributed by atoms with van der Waals surface area (Å²) in [6.45, 7) is 3.24. The number of aromatic amines is 1. The SMILES string of the molecule is CCc1cn(CC2CCCN(S(C)(=O)=O)C2)c(=O)[nH]c1=O. The van der Waals surface area contributed by atoms with Crippen molar-refractivity contribution in [2.45, 2.75) is 32.7 Å². The van der Waals surface area contributed by atoms with Crippen LogP contribution < -0.4 is 11.2 Å². The second-order valence-corrected chi connectivity index (χ2v) is 7.53. The van der Waals surface area contributed by atoms with E-state index >= 15 is 0 Å². The summed E-state index contributed by atoms with van der Waals surface area (Å²) in [6, 6.07) is 0. The molecule has 21 heavy (non-hydrogen) atoms. The Morgan fingerprint density at radius 1 is 1.38 bits per heavy atom. The van der Waals surface area contributed by atoms with Crippen molar-refractivity contribution in [1.29, 1.82) is 0 Å². The molecule has 1 saturated heterocycles. The Balaban J connectivity index is 2.18. The highest BCUT2D eigenvalue weighted by atomic mass is 32.2. The average molecular weight is 315 g/mol. The summed E-state index contributed by atoms with van der Waals surface area (Å²) in [5.41, 5.74) is -0.223. The van der Waals surface area contributed by atoms with Crippen LogP contribution in [0, 0.1) is 5.92 Å². The van der Waals surface area contributed by atoms with Crippen LogP contribution in [0.25, 0.3) is 0 Å². The summed E-state index contributed by atoms with van der Waals surface area (Å²) in [5, 5.41) is 0. The zero-order chi connectivity index (χ0) is 15.6. The lowest BCUT2D eigenvalue weighted by Gasteiger charge is -2.31. The first-order valence-corrected chi connectivity index (χ1v) is 8.94. The molecule has 1 fully saturated rings. The molecule has 0 aliphatic carbocycles. The summed E-state index contributed by atoms with van der Waals surface area (Å²) in [4.78, 5) is 25.7. The summed E-state index contributed by atoms with van der Waals surface area (Å²) >= 11 is 0. The van der Waals surface area contributed by atoms with Crippen LogP contribution in [0.5, 0.6) is 0 Å². The molecule has 1 aromatic heterocycles. The number of H-pyrrole nitrogens is 1. The van der Waals surface area contributed by atoms with Crippen LogP contribution in [0.3, 0.4) is 0 Å². The van der Waals surface area contributed by atoms with E-state index in [4.69, 9.17) is 0 Å². The van der Waals surface area contributed by atoms with Gasteiger partial charge in [0.1, 0.15) is 0 Å². The van der Waals surface area contributed by atoms with Crippen LogP contribution in [0.1, 0.15) is 25.3 Å². The molecule has 1 aliphatic heterocycles. The molecule has 7 nitrogen and oxygen atoms in total. The zero-order valence-corrected chi connectivity index (χ0v) is 13.1. The van der Waals surface area contributed by atoms with Crippen molar-refractivity contribution in [3.8, 4) is 0 Å². The van der Waals surface area contributed by atoms with E-state index in [9.17, 15) is 18.0 Å². The minimum Gasteiger partial charge on any atom is -0.300 e. The van der Waals surface area contributed by atoms with Crippen molar-refractivity contribution in [2.75, 3.05) is 19.3 Å². The molecular weight excluding hydrogens is 294 g/mol. The first-order valence-electron chi connectivity index (χ1n) is 7.09. The fourth-order valence-corrected chi connectivity index (χ4v) is 3.64. The quantitative estimate of drug-likeness (QED) is 0.831. The van der Waals surface area contributed by atoms with E-state index in [2.05, 4.69) is 4.98 Å². The molecule has 2 rings (SSSR count). The Kier molecular flexibility index (Phi) is 4.67. The maximum Gasteiger partial charge on any atom is 0.328 e. The van der Waals surface area contributed by atoms with Gasteiger partial charge in [-0.2, -0.15) is 0 Å². The standard InChI is InChI=1S/C13H21N3O4S/c1-3-11-9-15(13(18)14-12(11)17)7-10-5-4-6-16(8-10)21(2,19)20/h9-10H,3-8H2,1-2H3,(H,14,17,18). The predicted octanol–water partition coefficient (Wildman–Crippen LogP) is -0.229. The highest BCUT2D eigenvalue weighted by Gasteiger charge is 2.26. The normalized spacial score (nSPS) is 20.6. The second kappa shape index (κ2) is 6.15. The van der Waals surface area contributed by atoms with E-state index in [1.54, 1.807) is 6.20 Å². The molecule has 0 saturated carbocycles. The number of aryl methyl sites for hydroxylation is 1. The summed E-state index contributed by atoms with van der Waals surface area (Å²) < 4.78 is 26.2. The molecule has 1 aromatic rings. The number of hydrogen-bond acceptors (Lipinski definition) is 4. The topological polar surface area (TPSA) is 92.2 Å². The van der Waals surface area contributed by atoms with Crippen molar-refractivity contribution in [2.24, 2.45) is 5.92 Å². The third kappa shape index (κ3) is 3.82. The van der Waals surface area contributed by atoms with Crippen LogP contribution in [0.15, 0.2) is 15.8 Å². The van der Waals surface area contributed by atoms with Crippen molar-refractivity contribution in [1.82, 2.24) is 13.9 Å². The van der Waals surface area contributed by atoms with Gasteiger partial charge in [0, 0.05) is 31.4 Å². The zero-order valence-electron chi connectivity index (χ0n) is 12.3. The Labute approximate surface area is 123 Å². The Morgan fingerprint density at radius 3 is 2.71 bits per heavy atom. The third-order valence-electron chi connectivity index (χ3n) is 3.87. The molecule has 2 heterocycles. The first-order chi connectivity index (χ1) is 9.81. The van der Waals surface area contributed by atoms with E-state index in [1.807, 2.05) is 6.92 Å². The highest BCUT2D eigenvalue weighted by Crippen LogP contribution is 2.19. The lowest BCUT2D eigenvalue weighted by Crippen LogP contribution is -2.42. The molecule has 0 spiro atoms. The van der Waals surface area contributed by atoms with E-state index in [1.165, 1.54) is 15.1 Å². The van der Waals surface area contributed by atoms with E-state index < -0.39 is 15.7 Å². The van der Waals surface area contributed by atoms with Gasteiger partial charge in [0.15, 0.2) is 0 Å². The number of rotatable bonds is 4. The predicted molar refractivity (Wildman–Crippen MR) is 79.8 cm³/mol. The van der Waals surface area contributed by atoms with Gasteiger partial charge >= 0.3 is 5.69 Å². The van der Waals surface area contributed by atoms with Gasteiger partial charge in [0.05, 0.1) is 6.26 Å². The van der Waals surface area contributed by atoms with Crippen LogP contribution >= 0.6 is 0 Å². The number of nitrogens with one attached hydrogen (secondary N) is 1. The van der Waals surface area contributed by atoms with Gasteiger partial charge in [0.2, 0.25) is 10.0 Å². The molecule has 1 unspecified atom stereocenters. The lowest BCUT2D eigenvalue weighted by atomic mass is 9.99. The van der Waals surface area contributed by atoms with E-state index in [0.29, 0.717) is 31.6 Å². The number of sulfonamides is 1. The van der Waals surface area contributed by atoms with Crippen molar-refractivity contribution in [3.63, 3.8) is 0 Å². The Hall–Kier alpha value is -1.41. The Morgan fingerprint density at radius 2 is 2.10 bits per heavy atom. The third-order valence-corrected chi connectivity index (χ3v) is 5.14. The molecule has 0 aromatic carbocycles. The fraction of sp³-hybridized carbons (Fsp3) is 0.692. The number of piperidine rings is 1. The van der Waals surface area contributed by atoms with Gasteiger partial charge in [-0.25, -0.2) is 17.5 Å². The molecule has 0 bridgehead atoms. The van der Waals surface area contributed by atoms with Gasteiger partial charge in [-0.05, 0) is 25.2 Å². The van der Waals surface area contributed by atoms with Gasteiger partial charge in [-0.15, -0.1) is 0 Å². The Bertz CT molecular complexity index is 720. The maximum atomic E-state index is 11.8. The van der Waals surface area contributed by atoms with Crippen LogP contribution in [-0.4, -0.2) is 41.6 Å². The maximum absolute atomic E-state index is 11.8. The van der Waals surface area contributed by atoms with Gasteiger partial charge in [-0.1, -0.05) is 6.92 Å². The van der Waals surface area contributed by atoms with Crippen molar-refractivity contribution >= 4 is 10.0 Å². The van der Waals surface area contributed by atoms with Crippen LogP contribution in [-0.2, 0) is 23.0 Å². The number of nitrogens with zero attached hydrogens (tertiary/aromatic N) is 2. The largest absolute Gasteiger partial charge is 0.328 e. The molecule has 1 atom stereocenters. The molecule has 1 N–H and O–H groups in total. The fourth-order valence-electron chi connectivity index (χ4n) is 2.70. The van der Waals surface area contributed by atoms with E-state index in [-0.39, 0.29) is 11.5 Å². The molecule has 1 aliphatic rings. The van der Waals surface area contributed by atoms with Crippen LogP contribution in [0.2, 0.25) is 0 Å². The van der Waals surface area contributed by atoms with Gasteiger partial charge in [-0.3, -0.25) is 14.3 Å². The van der Waals surface area contributed by atoms with Crippen molar-refractivity contribution < 1.29 is 8.42 Å². The lowest BCUT2D eigenvalue weighted by molar-refractivity contribution is 0.244. The molecular formula is C13H21N3O4S. The minimum atomic E-state index is -3.19. The van der Waals surface area contributed by atoms with Crippen LogP contribution in [0.4, 0.5) is 0 Å². The molecule has 0 amide bonds. The summed E-state index contributed by atoms with van der Waals surface area (Å²) in [5.74, 6) is 0.0850. The van der Waals surface area contributed by atoms with Gasteiger partial charge < -0.3 is 0 Å².